The minimum Gasteiger partial charge on any atom is -0.300 e. The lowest BCUT2D eigenvalue weighted by Crippen LogP contribution is -2.27. The molecule has 0 bridgehead atoms. The van der Waals surface area contributed by atoms with Crippen LogP contribution in [0.5, 0.6) is 0 Å². The molecule has 1 aliphatic carbocycles. The Morgan fingerprint density at radius 1 is 1.67 bits per heavy atom. The van der Waals surface area contributed by atoms with Crippen LogP contribution in [0.15, 0.2) is 12.7 Å². The van der Waals surface area contributed by atoms with E-state index in [1.54, 1.807) is 0 Å². The Kier molecular flexibility index (Phi) is 3.07. The van der Waals surface area contributed by atoms with Crippen molar-refractivity contribution in [3.63, 3.8) is 0 Å². The summed E-state index contributed by atoms with van der Waals surface area (Å²) in [4.78, 5) is 11.3. The molecule has 0 aliphatic heterocycles. The third-order valence-corrected chi connectivity index (χ3v) is 3.06. The first-order valence-electron chi connectivity index (χ1n) is 4.85. The van der Waals surface area contributed by atoms with Gasteiger partial charge in [0.05, 0.1) is 0 Å². The van der Waals surface area contributed by atoms with Gasteiger partial charge in [0.25, 0.3) is 0 Å². The molecule has 0 aromatic rings. The number of carbonyl (C=O) groups excluding carboxylic acids is 1. The molecule has 0 saturated heterocycles. The Morgan fingerprint density at radius 3 is 2.92 bits per heavy atom. The molecule has 0 N–H and O–H groups in total. The number of hydrogen-bond acceptors (Lipinski definition) is 1. The van der Waals surface area contributed by atoms with E-state index in [0.29, 0.717) is 5.78 Å². The van der Waals surface area contributed by atoms with Gasteiger partial charge in [0.15, 0.2) is 0 Å². The highest BCUT2D eigenvalue weighted by molar-refractivity contribution is 5.79. The lowest BCUT2D eigenvalue weighted by Gasteiger charge is -2.34. The van der Waals surface area contributed by atoms with Crippen molar-refractivity contribution < 1.29 is 4.79 Å². The van der Waals surface area contributed by atoms with Crippen molar-refractivity contribution in [2.24, 2.45) is 5.41 Å². The SMILES string of the molecule is C=CCC1(CC)CCCC(=O)C1. The molecule has 1 atom stereocenters. The normalized spacial score (nSPS) is 30.2. The van der Waals surface area contributed by atoms with Gasteiger partial charge in [0, 0.05) is 12.8 Å². The molecular weight excluding hydrogens is 148 g/mol. The van der Waals surface area contributed by atoms with Crippen LogP contribution in [0.1, 0.15) is 45.4 Å². The zero-order valence-electron chi connectivity index (χ0n) is 7.94. The van der Waals surface area contributed by atoms with Crippen LogP contribution in [0, 0.1) is 5.41 Å². The fourth-order valence-corrected chi connectivity index (χ4v) is 2.18. The van der Waals surface area contributed by atoms with Crippen LogP contribution >= 0.6 is 0 Å². The lowest BCUT2D eigenvalue weighted by atomic mass is 9.70. The number of carbonyl (C=O) groups is 1. The van der Waals surface area contributed by atoms with Crippen LogP contribution < -0.4 is 0 Å². The van der Waals surface area contributed by atoms with Gasteiger partial charge in [0.1, 0.15) is 5.78 Å². The zero-order chi connectivity index (χ0) is 9.03. The highest BCUT2D eigenvalue weighted by Crippen LogP contribution is 2.40. The highest BCUT2D eigenvalue weighted by atomic mass is 16.1. The molecule has 0 aromatic heterocycles. The molecule has 0 spiro atoms. The Morgan fingerprint density at radius 2 is 2.42 bits per heavy atom. The maximum atomic E-state index is 11.3. The molecule has 0 amide bonds. The van der Waals surface area contributed by atoms with Gasteiger partial charge in [-0.25, -0.2) is 0 Å². The maximum absolute atomic E-state index is 11.3. The minimum atomic E-state index is 0.275. The topological polar surface area (TPSA) is 17.1 Å². The average molecular weight is 166 g/mol. The molecule has 1 nitrogen and oxygen atoms in total. The number of Topliss-reactive ketones (excluding diaryl/α,β-unsaturated/α-hetero) is 1. The second-order valence-corrected chi connectivity index (χ2v) is 3.92. The Labute approximate surface area is 74.9 Å². The van der Waals surface area contributed by atoms with E-state index in [1.807, 2.05) is 6.08 Å². The molecule has 0 aromatic carbocycles. The van der Waals surface area contributed by atoms with Crippen LogP contribution in [0.2, 0.25) is 0 Å². The molecule has 1 unspecified atom stereocenters. The number of hydrogen-bond donors (Lipinski definition) is 0. The van der Waals surface area contributed by atoms with E-state index >= 15 is 0 Å². The van der Waals surface area contributed by atoms with Crippen LogP contribution in [-0.2, 0) is 4.79 Å². The summed E-state index contributed by atoms with van der Waals surface area (Å²) in [5, 5.41) is 0. The van der Waals surface area contributed by atoms with Crippen molar-refractivity contribution in [3.05, 3.63) is 12.7 Å². The van der Waals surface area contributed by atoms with E-state index in [-0.39, 0.29) is 5.41 Å². The van der Waals surface area contributed by atoms with Gasteiger partial charge in [-0.05, 0) is 31.1 Å². The minimum absolute atomic E-state index is 0.275. The van der Waals surface area contributed by atoms with Crippen LogP contribution in [-0.4, -0.2) is 5.78 Å². The summed E-state index contributed by atoms with van der Waals surface area (Å²) in [6.07, 6.45) is 7.97. The predicted molar refractivity (Wildman–Crippen MR) is 51.0 cm³/mol. The van der Waals surface area contributed by atoms with Gasteiger partial charge in [-0.3, -0.25) is 4.79 Å². The molecule has 1 fully saturated rings. The zero-order valence-corrected chi connectivity index (χ0v) is 7.94. The third kappa shape index (κ3) is 1.96. The Bertz CT molecular complexity index is 183. The van der Waals surface area contributed by atoms with Gasteiger partial charge >= 0.3 is 0 Å². The van der Waals surface area contributed by atoms with Crippen molar-refractivity contribution in [2.45, 2.75) is 45.4 Å². The molecule has 1 rings (SSSR count). The fraction of sp³-hybridized carbons (Fsp3) is 0.727. The van der Waals surface area contributed by atoms with Crippen molar-refractivity contribution in [2.75, 3.05) is 0 Å². The largest absolute Gasteiger partial charge is 0.300 e. The Hall–Kier alpha value is -0.590. The van der Waals surface area contributed by atoms with E-state index in [0.717, 1.165) is 32.1 Å². The van der Waals surface area contributed by atoms with Gasteiger partial charge in [0.2, 0.25) is 0 Å². The molecule has 12 heavy (non-hydrogen) atoms. The maximum Gasteiger partial charge on any atom is 0.133 e. The van der Waals surface area contributed by atoms with Crippen LogP contribution in [0.25, 0.3) is 0 Å². The summed E-state index contributed by atoms with van der Waals surface area (Å²) < 4.78 is 0. The van der Waals surface area contributed by atoms with E-state index in [9.17, 15) is 4.79 Å². The van der Waals surface area contributed by atoms with Gasteiger partial charge in [-0.15, -0.1) is 6.58 Å². The molecule has 1 heteroatoms. The lowest BCUT2D eigenvalue weighted by molar-refractivity contribution is -0.123. The van der Waals surface area contributed by atoms with Crippen LogP contribution in [0.3, 0.4) is 0 Å². The molecule has 0 radical (unpaired) electrons. The number of rotatable bonds is 3. The fourth-order valence-electron chi connectivity index (χ4n) is 2.18. The van der Waals surface area contributed by atoms with Gasteiger partial charge in [-0.2, -0.15) is 0 Å². The first kappa shape index (κ1) is 9.50. The van der Waals surface area contributed by atoms with Gasteiger partial charge in [-0.1, -0.05) is 13.0 Å². The summed E-state index contributed by atoms with van der Waals surface area (Å²) >= 11 is 0. The Balaban J connectivity index is 2.63. The molecule has 1 saturated carbocycles. The summed E-state index contributed by atoms with van der Waals surface area (Å²) in [7, 11) is 0. The monoisotopic (exact) mass is 166 g/mol. The summed E-state index contributed by atoms with van der Waals surface area (Å²) in [6, 6.07) is 0. The smallest absolute Gasteiger partial charge is 0.133 e. The summed E-state index contributed by atoms with van der Waals surface area (Å²) in [6.45, 7) is 5.94. The van der Waals surface area contributed by atoms with E-state index in [2.05, 4.69) is 13.5 Å². The van der Waals surface area contributed by atoms with Crippen LogP contribution in [0.4, 0.5) is 0 Å². The summed E-state index contributed by atoms with van der Waals surface area (Å²) in [5.74, 6) is 0.449. The first-order valence-corrected chi connectivity index (χ1v) is 4.85. The molecule has 68 valence electrons. The quantitative estimate of drug-likeness (QED) is 0.589. The van der Waals surface area contributed by atoms with E-state index in [1.165, 1.54) is 6.42 Å². The second kappa shape index (κ2) is 3.88. The van der Waals surface area contributed by atoms with Gasteiger partial charge < -0.3 is 0 Å². The summed E-state index contributed by atoms with van der Waals surface area (Å²) in [5.41, 5.74) is 0.275. The first-order chi connectivity index (χ1) is 5.72. The number of ketones is 1. The second-order valence-electron chi connectivity index (χ2n) is 3.92. The predicted octanol–water partition coefficient (Wildman–Crippen LogP) is 3.10. The third-order valence-electron chi connectivity index (χ3n) is 3.06. The molecule has 1 aliphatic rings. The van der Waals surface area contributed by atoms with Crippen molar-refractivity contribution in [1.82, 2.24) is 0 Å². The van der Waals surface area contributed by atoms with E-state index < -0.39 is 0 Å². The average Bonchev–Trinajstić information content (AvgIpc) is 2.05. The molecular formula is C11H18O. The van der Waals surface area contributed by atoms with Crippen molar-refractivity contribution in [1.29, 1.82) is 0 Å². The van der Waals surface area contributed by atoms with E-state index in [4.69, 9.17) is 0 Å². The highest BCUT2D eigenvalue weighted by Gasteiger charge is 2.32. The van der Waals surface area contributed by atoms with Crippen molar-refractivity contribution in [3.8, 4) is 0 Å². The van der Waals surface area contributed by atoms with Crippen molar-refractivity contribution >= 4 is 5.78 Å². The standard InChI is InChI=1S/C11H18O/c1-3-7-11(4-2)8-5-6-10(12)9-11/h3H,1,4-9H2,2H3. The number of allylic oxidation sites excluding steroid dienone is 1. The molecule has 0 heterocycles.